The summed E-state index contributed by atoms with van der Waals surface area (Å²) in [5.74, 6) is -0.167. The van der Waals surface area contributed by atoms with E-state index in [0.717, 1.165) is 31.9 Å². The predicted molar refractivity (Wildman–Crippen MR) is 136 cm³/mol. The zero-order valence-electron chi connectivity index (χ0n) is 19.0. The number of carbonyl (C=O) groups is 1. The van der Waals surface area contributed by atoms with Gasteiger partial charge in [-0.1, -0.05) is 61.0 Å². The lowest BCUT2D eigenvalue weighted by molar-refractivity contribution is 0.0981. The Kier molecular flexibility index (Phi) is 8.16. The molecule has 0 bridgehead atoms. The summed E-state index contributed by atoms with van der Waals surface area (Å²) in [4.78, 5) is 12.0. The van der Waals surface area contributed by atoms with Gasteiger partial charge in [-0.15, -0.1) is 12.4 Å². The lowest BCUT2D eigenvalue weighted by Crippen LogP contribution is -2.35. The van der Waals surface area contributed by atoms with Crippen molar-refractivity contribution in [3.8, 4) is 0 Å². The van der Waals surface area contributed by atoms with Crippen LogP contribution in [0.3, 0.4) is 0 Å². The van der Waals surface area contributed by atoms with Crippen LogP contribution in [0.5, 0.6) is 0 Å². The minimum Gasteiger partial charge on any atom is -0.307 e. The van der Waals surface area contributed by atoms with Crippen LogP contribution in [0.1, 0.15) is 66.1 Å². The Hall–Kier alpha value is -2.41. The fraction of sp³-hybridized carbons (Fsp3) is 0.346. The molecule has 0 saturated heterocycles. The third-order valence-corrected chi connectivity index (χ3v) is 6.93. The van der Waals surface area contributed by atoms with Gasteiger partial charge < -0.3 is 5.32 Å². The smallest absolute Gasteiger partial charge is 0.264 e. The molecule has 176 valence electrons. The number of sulfonamides is 1. The van der Waals surface area contributed by atoms with Gasteiger partial charge in [-0.3, -0.25) is 4.79 Å². The van der Waals surface area contributed by atoms with Crippen LogP contribution in [0, 0.1) is 0 Å². The molecule has 1 aliphatic carbocycles. The molecule has 3 aromatic rings. The summed E-state index contributed by atoms with van der Waals surface area (Å²) in [5, 5.41) is 6.41. The van der Waals surface area contributed by atoms with E-state index in [1.165, 1.54) is 21.9 Å². The van der Waals surface area contributed by atoms with Gasteiger partial charge in [0.1, 0.15) is 0 Å². The molecule has 4 rings (SSSR count). The van der Waals surface area contributed by atoms with Crippen molar-refractivity contribution in [1.29, 1.82) is 0 Å². The average Bonchev–Trinajstić information content (AvgIpc) is 2.78. The minimum atomic E-state index is -3.57. The third-order valence-electron chi connectivity index (χ3n) is 6.37. The normalized spacial score (nSPS) is 19.5. The molecule has 1 fully saturated rings. The molecule has 0 spiro atoms. The number of rotatable bonds is 6. The number of hydrogen-bond acceptors (Lipinski definition) is 4. The zero-order chi connectivity index (χ0) is 22.7. The Morgan fingerprint density at radius 3 is 2.39 bits per heavy atom. The van der Waals surface area contributed by atoms with Crippen molar-refractivity contribution in [3.63, 3.8) is 0 Å². The van der Waals surface area contributed by atoms with Crippen molar-refractivity contribution in [3.05, 3.63) is 83.4 Å². The summed E-state index contributed by atoms with van der Waals surface area (Å²) in [6.07, 6.45) is 5.45. The van der Waals surface area contributed by atoms with E-state index in [0.29, 0.717) is 17.5 Å². The van der Waals surface area contributed by atoms with Crippen LogP contribution in [0.25, 0.3) is 10.8 Å². The maximum absolute atomic E-state index is 12.0. The number of fused-ring (bicyclic) bond motifs is 1. The van der Waals surface area contributed by atoms with Crippen LogP contribution in [0.2, 0.25) is 0 Å². The molecule has 3 atom stereocenters. The molecular formula is C26H31ClN2O3S. The van der Waals surface area contributed by atoms with E-state index in [2.05, 4.69) is 54.7 Å². The maximum atomic E-state index is 12.0. The topological polar surface area (TPSA) is 75.3 Å². The first-order valence-electron chi connectivity index (χ1n) is 11.2. The Balaban J connectivity index is 0.00000306. The number of nitrogens with one attached hydrogen (secondary N) is 2. The van der Waals surface area contributed by atoms with E-state index >= 15 is 0 Å². The number of amides is 1. The van der Waals surface area contributed by atoms with Gasteiger partial charge in [-0.2, -0.15) is 0 Å². The largest absolute Gasteiger partial charge is 0.307 e. The molecule has 0 radical (unpaired) electrons. The molecule has 2 unspecified atom stereocenters. The SMILES string of the molecule is C[C@@H](NC1CCCC(c2ccc(C(=O)NS(C)(=O)=O)cc2)C1)c1cccc2ccccc12.Cl. The number of hydrogen-bond donors (Lipinski definition) is 2. The Morgan fingerprint density at radius 1 is 0.970 bits per heavy atom. The number of carbonyl (C=O) groups excluding carboxylic acids is 1. The van der Waals surface area contributed by atoms with Crippen molar-refractivity contribution >= 4 is 39.1 Å². The highest BCUT2D eigenvalue weighted by Crippen LogP contribution is 2.34. The van der Waals surface area contributed by atoms with Crippen LogP contribution in [0.4, 0.5) is 0 Å². The summed E-state index contributed by atoms with van der Waals surface area (Å²) in [7, 11) is -3.57. The Labute approximate surface area is 202 Å². The van der Waals surface area contributed by atoms with E-state index < -0.39 is 15.9 Å². The second-order valence-corrected chi connectivity index (χ2v) is 10.6. The zero-order valence-corrected chi connectivity index (χ0v) is 20.6. The molecule has 1 saturated carbocycles. The first-order chi connectivity index (χ1) is 15.3. The second kappa shape index (κ2) is 10.7. The van der Waals surface area contributed by atoms with Crippen molar-refractivity contribution in [2.75, 3.05) is 6.26 Å². The van der Waals surface area contributed by atoms with Crippen LogP contribution in [-0.4, -0.2) is 26.6 Å². The molecule has 33 heavy (non-hydrogen) atoms. The molecule has 5 nitrogen and oxygen atoms in total. The summed E-state index contributed by atoms with van der Waals surface area (Å²) < 4.78 is 24.6. The van der Waals surface area contributed by atoms with Crippen molar-refractivity contribution in [2.45, 2.75) is 50.6 Å². The monoisotopic (exact) mass is 486 g/mol. The molecule has 2 N–H and O–H groups in total. The molecule has 0 heterocycles. The van der Waals surface area contributed by atoms with Gasteiger partial charge in [-0.25, -0.2) is 13.1 Å². The van der Waals surface area contributed by atoms with E-state index in [4.69, 9.17) is 0 Å². The van der Waals surface area contributed by atoms with Crippen LogP contribution in [-0.2, 0) is 10.0 Å². The first kappa shape index (κ1) is 25.2. The van der Waals surface area contributed by atoms with Gasteiger partial charge in [0.15, 0.2) is 0 Å². The fourth-order valence-electron chi connectivity index (χ4n) is 4.85. The first-order valence-corrected chi connectivity index (χ1v) is 13.0. The highest BCUT2D eigenvalue weighted by atomic mass is 35.5. The molecule has 1 aliphatic rings. The van der Waals surface area contributed by atoms with Crippen LogP contribution < -0.4 is 10.0 Å². The molecule has 1 amide bonds. The standard InChI is InChI=1S/C26H30N2O3S.ClH/c1-18(24-12-6-8-20-7-3-4-11-25(20)24)27-23-10-5-9-22(17-23)19-13-15-21(16-14-19)26(29)28-32(2,30)31;/h3-4,6-8,11-16,18,22-23,27H,5,9-10,17H2,1-2H3,(H,28,29);1H/t18-,22?,23?;/m1./s1. The van der Waals surface area contributed by atoms with E-state index in [1.807, 2.05) is 16.9 Å². The fourth-order valence-corrected chi connectivity index (χ4v) is 5.30. The van der Waals surface area contributed by atoms with Gasteiger partial charge in [0.2, 0.25) is 10.0 Å². The highest BCUT2D eigenvalue weighted by molar-refractivity contribution is 7.89. The molecule has 0 aromatic heterocycles. The van der Waals surface area contributed by atoms with Gasteiger partial charge in [-0.05, 0) is 66.1 Å². The third kappa shape index (κ3) is 6.34. The Morgan fingerprint density at radius 2 is 1.67 bits per heavy atom. The van der Waals surface area contributed by atoms with E-state index in [-0.39, 0.29) is 18.4 Å². The quantitative estimate of drug-likeness (QED) is 0.494. The average molecular weight is 487 g/mol. The molecule has 0 aliphatic heterocycles. The predicted octanol–water partition coefficient (Wildman–Crippen LogP) is 5.33. The Bertz CT molecular complexity index is 1210. The highest BCUT2D eigenvalue weighted by Gasteiger charge is 2.25. The maximum Gasteiger partial charge on any atom is 0.264 e. The van der Waals surface area contributed by atoms with E-state index in [1.54, 1.807) is 12.1 Å². The van der Waals surface area contributed by atoms with Gasteiger partial charge >= 0.3 is 0 Å². The van der Waals surface area contributed by atoms with Gasteiger partial charge in [0.05, 0.1) is 6.26 Å². The second-order valence-electron chi connectivity index (χ2n) is 8.84. The lowest BCUT2D eigenvalue weighted by atomic mass is 9.80. The summed E-state index contributed by atoms with van der Waals surface area (Å²) in [6, 6.07) is 23.0. The van der Waals surface area contributed by atoms with E-state index in [9.17, 15) is 13.2 Å². The minimum absolute atomic E-state index is 0. The lowest BCUT2D eigenvalue weighted by Gasteiger charge is -2.32. The number of halogens is 1. The molecule has 3 aromatic carbocycles. The van der Waals surface area contributed by atoms with Crippen molar-refractivity contribution in [1.82, 2.24) is 10.0 Å². The van der Waals surface area contributed by atoms with Crippen LogP contribution >= 0.6 is 12.4 Å². The van der Waals surface area contributed by atoms with Crippen molar-refractivity contribution < 1.29 is 13.2 Å². The molecular weight excluding hydrogens is 456 g/mol. The molecule has 7 heteroatoms. The number of benzene rings is 3. The summed E-state index contributed by atoms with van der Waals surface area (Å²) in [6.45, 7) is 2.24. The van der Waals surface area contributed by atoms with Gasteiger partial charge in [0, 0.05) is 17.6 Å². The van der Waals surface area contributed by atoms with Crippen LogP contribution in [0.15, 0.2) is 66.7 Å². The summed E-state index contributed by atoms with van der Waals surface area (Å²) in [5.41, 5.74) is 2.88. The summed E-state index contributed by atoms with van der Waals surface area (Å²) >= 11 is 0. The van der Waals surface area contributed by atoms with Gasteiger partial charge in [0.25, 0.3) is 5.91 Å². The van der Waals surface area contributed by atoms with Crippen molar-refractivity contribution in [2.24, 2.45) is 0 Å².